The Kier molecular flexibility index (Phi) is 5.12. The molecule has 4 saturated carbocycles. The van der Waals surface area contributed by atoms with Crippen LogP contribution in [0.15, 0.2) is 23.3 Å². The Bertz CT molecular complexity index is 1120. The highest BCUT2D eigenvalue weighted by Gasteiger charge is 2.54. The van der Waals surface area contributed by atoms with Crippen LogP contribution in [0.1, 0.15) is 50.3 Å². The zero-order valence-electron chi connectivity index (χ0n) is 17.4. The van der Waals surface area contributed by atoms with Crippen molar-refractivity contribution >= 4 is 45.0 Å². The second-order valence-corrected chi connectivity index (χ2v) is 11.4. The van der Waals surface area contributed by atoms with Gasteiger partial charge in [0, 0.05) is 0 Å². The van der Waals surface area contributed by atoms with E-state index in [0.29, 0.717) is 28.3 Å². The smallest absolute Gasteiger partial charge is 0.273 e. The Balaban J connectivity index is 1.33. The summed E-state index contributed by atoms with van der Waals surface area (Å²) in [6, 6.07) is 4.46. The van der Waals surface area contributed by atoms with Crippen molar-refractivity contribution in [3.8, 4) is 9.75 Å². The van der Waals surface area contributed by atoms with Gasteiger partial charge in [0.2, 0.25) is 5.91 Å². The zero-order chi connectivity index (χ0) is 22.6. The first-order chi connectivity index (χ1) is 15.2. The van der Waals surface area contributed by atoms with Crippen LogP contribution < -0.4 is 5.43 Å². The van der Waals surface area contributed by atoms with E-state index in [1.54, 1.807) is 19.1 Å². The normalized spacial score (nSPS) is 28.7. The molecule has 1 amide bonds. The van der Waals surface area contributed by atoms with E-state index in [-0.39, 0.29) is 26.9 Å². The summed E-state index contributed by atoms with van der Waals surface area (Å²) in [6.45, 7) is 1.78. The number of amides is 1. The molecule has 6 rings (SSSR count). The average Bonchev–Trinajstić information content (AvgIpc) is 3.38. The second-order valence-electron chi connectivity index (χ2n) is 9.31. The molecule has 2 heterocycles. The Morgan fingerprint density at radius 1 is 1.06 bits per heavy atom. The summed E-state index contributed by atoms with van der Waals surface area (Å²) in [6.07, 6.45) is 6.68. The van der Waals surface area contributed by atoms with Gasteiger partial charge in [0.15, 0.2) is 0 Å². The second kappa shape index (κ2) is 7.73. The first-order valence-electron chi connectivity index (χ1n) is 10.6. The number of hydrazone groups is 1. The number of nitrogens with zero attached hydrogens (tertiary/aromatic N) is 3. The van der Waals surface area contributed by atoms with Crippen molar-refractivity contribution in [1.29, 1.82) is 0 Å². The van der Waals surface area contributed by atoms with E-state index in [9.17, 15) is 25.0 Å². The van der Waals surface area contributed by atoms with Crippen LogP contribution in [0.5, 0.6) is 0 Å². The fourth-order valence-electron chi connectivity index (χ4n) is 6.12. The molecule has 0 saturated heterocycles. The van der Waals surface area contributed by atoms with Gasteiger partial charge in [-0.05, 0) is 75.3 Å². The van der Waals surface area contributed by atoms with Crippen LogP contribution in [0.25, 0.3) is 9.75 Å². The summed E-state index contributed by atoms with van der Waals surface area (Å²) >= 11 is 2.05. The molecule has 0 aromatic carbocycles. The van der Waals surface area contributed by atoms with Crippen molar-refractivity contribution in [2.45, 2.75) is 45.4 Å². The Morgan fingerprint density at radius 3 is 2.25 bits per heavy atom. The molecule has 9 nitrogen and oxygen atoms in total. The number of carbonyl (C=O) groups is 1. The number of hydrogen-bond acceptors (Lipinski definition) is 8. The number of rotatable bonds is 6. The molecule has 0 aliphatic heterocycles. The number of nitro groups is 2. The predicted molar refractivity (Wildman–Crippen MR) is 122 cm³/mol. The van der Waals surface area contributed by atoms with E-state index in [4.69, 9.17) is 0 Å². The Hall–Kier alpha value is -2.66. The van der Waals surface area contributed by atoms with Crippen molar-refractivity contribution in [3.63, 3.8) is 0 Å². The number of nitrogens with one attached hydrogen (secondary N) is 1. The lowest BCUT2D eigenvalue weighted by Crippen LogP contribution is -2.52. The van der Waals surface area contributed by atoms with Crippen molar-refractivity contribution in [2.24, 2.45) is 28.3 Å². The van der Waals surface area contributed by atoms with E-state index in [1.165, 1.54) is 30.6 Å². The summed E-state index contributed by atoms with van der Waals surface area (Å²) in [7, 11) is 0. The molecule has 2 aromatic rings. The predicted octanol–water partition coefficient (Wildman–Crippen LogP) is 5.35. The van der Waals surface area contributed by atoms with Gasteiger partial charge in [0.1, 0.15) is 10.9 Å². The third-order valence-electron chi connectivity index (χ3n) is 7.11. The molecule has 32 heavy (non-hydrogen) atoms. The van der Waals surface area contributed by atoms with Gasteiger partial charge in [-0.2, -0.15) is 5.10 Å². The lowest BCUT2D eigenvalue weighted by atomic mass is 9.49. The van der Waals surface area contributed by atoms with Crippen LogP contribution in [-0.2, 0) is 4.79 Å². The molecule has 0 unspecified atom stereocenters. The molecular formula is C21H22N4O5S2. The molecule has 4 aliphatic carbocycles. The molecule has 0 radical (unpaired) electrons. The van der Waals surface area contributed by atoms with Crippen LogP contribution in [-0.4, -0.2) is 21.5 Å². The number of hydrogen-bond donors (Lipinski definition) is 1. The van der Waals surface area contributed by atoms with Gasteiger partial charge >= 0.3 is 5.00 Å². The standard InChI is InChI=1S/C21H22N4O5S2/c1-11(22-23-20(26)21-8-12-4-13(9-21)6-14(5-12)10-21)16-2-3-17(31-16)19-15(24(27)28)7-18(32-19)25(29)30/h2-3,7,12-14H,4-6,8-10H2,1H3,(H,23,26)/b22-11+. The molecule has 4 bridgehead atoms. The van der Waals surface area contributed by atoms with Gasteiger partial charge < -0.3 is 0 Å². The quantitative estimate of drug-likeness (QED) is 0.343. The minimum atomic E-state index is -0.623. The van der Waals surface area contributed by atoms with Crippen molar-refractivity contribution in [1.82, 2.24) is 5.43 Å². The monoisotopic (exact) mass is 474 g/mol. The maximum Gasteiger partial charge on any atom is 0.331 e. The highest BCUT2D eigenvalue weighted by Crippen LogP contribution is 2.60. The third kappa shape index (κ3) is 3.62. The largest absolute Gasteiger partial charge is 0.331 e. The number of thiophene rings is 2. The van der Waals surface area contributed by atoms with E-state index in [2.05, 4.69) is 10.5 Å². The Morgan fingerprint density at radius 2 is 1.69 bits per heavy atom. The summed E-state index contributed by atoms with van der Waals surface area (Å²) in [5.74, 6) is 2.02. The molecule has 2 aromatic heterocycles. The van der Waals surface area contributed by atoms with E-state index >= 15 is 0 Å². The fourth-order valence-corrected chi connectivity index (χ4v) is 8.13. The minimum absolute atomic E-state index is 0.0113. The minimum Gasteiger partial charge on any atom is -0.273 e. The summed E-state index contributed by atoms with van der Waals surface area (Å²) in [5, 5.41) is 26.5. The highest BCUT2D eigenvalue weighted by molar-refractivity contribution is 7.25. The van der Waals surface area contributed by atoms with Crippen LogP contribution in [0.2, 0.25) is 0 Å². The molecular weight excluding hydrogens is 452 g/mol. The molecule has 1 N–H and O–H groups in total. The van der Waals surface area contributed by atoms with E-state index < -0.39 is 9.85 Å². The molecule has 0 atom stereocenters. The van der Waals surface area contributed by atoms with Crippen molar-refractivity contribution in [3.05, 3.63) is 43.3 Å². The third-order valence-corrected chi connectivity index (χ3v) is 9.56. The summed E-state index contributed by atoms with van der Waals surface area (Å²) < 4.78 is 0. The zero-order valence-corrected chi connectivity index (χ0v) is 19.0. The summed E-state index contributed by atoms with van der Waals surface area (Å²) in [4.78, 5) is 35.8. The van der Waals surface area contributed by atoms with Gasteiger partial charge in [-0.3, -0.25) is 25.0 Å². The lowest BCUT2D eigenvalue weighted by molar-refractivity contribution is -0.389. The van der Waals surface area contributed by atoms with Crippen molar-refractivity contribution < 1.29 is 14.6 Å². The van der Waals surface area contributed by atoms with Gasteiger partial charge in [0.05, 0.1) is 30.7 Å². The van der Waals surface area contributed by atoms with Gasteiger partial charge in [0.25, 0.3) is 5.69 Å². The van der Waals surface area contributed by atoms with Crippen LogP contribution >= 0.6 is 22.7 Å². The van der Waals surface area contributed by atoms with E-state index in [0.717, 1.165) is 41.5 Å². The molecule has 11 heteroatoms. The lowest BCUT2D eigenvalue weighted by Gasteiger charge is -2.55. The summed E-state index contributed by atoms with van der Waals surface area (Å²) in [5.41, 5.74) is 2.84. The van der Waals surface area contributed by atoms with Crippen LogP contribution in [0.4, 0.5) is 10.7 Å². The molecule has 4 aliphatic rings. The van der Waals surface area contributed by atoms with Crippen molar-refractivity contribution in [2.75, 3.05) is 0 Å². The highest BCUT2D eigenvalue weighted by atomic mass is 32.1. The SMILES string of the molecule is C/C(=N\NC(=O)C12CC3CC(CC(C3)C1)C2)c1ccc(-c2sc([N+](=O)[O-])cc2[N+](=O)[O-])s1. The first-order valence-corrected chi connectivity index (χ1v) is 12.3. The van der Waals surface area contributed by atoms with Crippen LogP contribution in [0, 0.1) is 43.4 Å². The van der Waals surface area contributed by atoms with Crippen LogP contribution in [0.3, 0.4) is 0 Å². The fraction of sp³-hybridized carbons (Fsp3) is 0.524. The molecule has 168 valence electrons. The molecule has 0 spiro atoms. The maximum atomic E-state index is 13.1. The van der Waals surface area contributed by atoms with Gasteiger partial charge in [-0.15, -0.1) is 11.3 Å². The van der Waals surface area contributed by atoms with Gasteiger partial charge in [-0.25, -0.2) is 5.43 Å². The number of carbonyl (C=O) groups excluding carboxylic acids is 1. The topological polar surface area (TPSA) is 128 Å². The van der Waals surface area contributed by atoms with Gasteiger partial charge in [-0.1, -0.05) is 11.3 Å². The van der Waals surface area contributed by atoms with E-state index in [1.807, 2.05) is 0 Å². The average molecular weight is 475 g/mol. The first kappa shape index (κ1) is 21.2. The maximum absolute atomic E-state index is 13.1. The Labute approximate surface area is 191 Å². The molecule has 4 fully saturated rings.